The van der Waals surface area contributed by atoms with E-state index in [9.17, 15) is 4.79 Å². The lowest BCUT2D eigenvalue weighted by atomic mass is 10.2. The van der Waals surface area contributed by atoms with Crippen LogP contribution in [0.3, 0.4) is 0 Å². The predicted octanol–water partition coefficient (Wildman–Crippen LogP) is 4.58. The molecule has 5 heteroatoms. The van der Waals surface area contributed by atoms with E-state index >= 15 is 0 Å². The molecule has 0 aromatic heterocycles. The van der Waals surface area contributed by atoms with Crippen molar-refractivity contribution in [1.29, 1.82) is 5.26 Å². The summed E-state index contributed by atoms with van der Waals surface area (Å²) < 4.78 is 0.980. The monoisotopic (exact) mass is 374 g/mol. The zero-order valence-corrected chi connectivity index (χ0v) is 14.4. The molecule has 0 saturated carbocycles. The molecule has 0 aliphatic heterocycles. The largest absolute Gasteiger partial charge is 0.325 e. The van der Waals surface area contributed by atoms with Gasteiger partial charge >= 0.3 is 0 Å². The molecule has 1 N–H and O–H groups in total. The lowest BCUT2D eigenvalue weighted by Gasteiger charge is -2.12. The number of thioether (sulfide) groups is 1. The van der Waals surface area contributed by atoms with Gasteiger partial charge in [0.05, 0.1) is 16.9 Å². The van der Waals surface area contributed by atoms with Gasteiger partial charge in [-0.15, -0.1) is 11.8 Å². The minimum Gasteiger partial charge on any atom is -0.325 e. The number of halogens is 1. The SMILES string of the molecule is CC(SCc1ccc(C#N)cc1)C(=O)Nc1ccc(Br)cc1. The molecule has 0 aliphatic rings. The molecule has 2 aromatic rings. The zero-order chi connectivity index (χ0) is 15.9. The van der Waals surface area contributed by atoms with Crippen molar-refractivity contribution < 1.29 is 4.79 Å². The number of carbonyl (C=O) groups is 1. The van der Waals surface area contributed by atoms with Gasteiger partial charge < -0.3 is 5.32 Å². The Balaban J connectivity index is 1.85. The molecule has 0 fully saturated rings. The molecule has 1 unspecified atom stereocenters. The number of nitrogens with one attached hydrogen (secondary N) is 1. The number of carbonyl (C=O) groups excluding carboxylic acids is 1. The maximum absolute atomic E-state index is 12.1. The zero-order valence-electron chi connectivity index (χ0n) is 12.0. The molecule has 0 saturated heterocycles. The second kappa shape index (κ2) is 8.02. The number of benzene rings is 2. The molecule has 112 valence electrons. The first-order valence-corrected chi connectivity index (χ1v) is 8.60. The summed E-state index contributed by atoms with van der Waals surface area (Å²) in [7, 11) is 0. The van der Waals surface area contributed by atoms with E-state index < -0.39 is 0 Å². The Bertz CT molecular complexity index is 677. The minimum atomic E-state index is -0.153. The number of rotatable bonds is 5. The van der Waals surface area contributed by atoms with E-state index in [2.05, 4.69) is 27.3 Å². The van der Waals surface area contributed by atoms with Crippen LogP contribution in [-0.4, -0.2) is 11.2 Å². The standard InChI is InChI=1S/C17H15BrN2OS/c1-12(17(21)20-16-8-6-15(18)7-9-16)22-11-14-4-2-13(10-19)3-5-14/h2-9,12H,11H2,1H3,(H,20,21). The van der Waals surface area contributed by atoms with E-state index in [1.54, 1.807) is 23.9 Å². The lowest BCUT2D eigenvalue weighted by Crippen LogP contribution is -2.22. The number of anilines is 1. The van der Waals surface area contributed by atoms with Gasteiger partial charge in [-0.05, 0) is 48.9 Å². The molecule has 0 bridgehead atoms. The van der Waals surface area contributed by atoms with E-state index in [-0.39, 0.29) is 11.2 Å². The third kappa shape index (κ3) is 4.90. The topological polar surface area (TPSA) is 52.9 Å². The van der Waals surface area contributed by atoms with Crippen molar-refractivity contribution >= 4 is 39.3 Å². The van der Waals surface area contributed by atoms with Gasteiger partial charge in [0, 0.05) is 15.9 Å². The van der Waals surface area contributed by atoms with E-state index in [4.69, 9.17) is 5.26 Å². The molecule has 0 spiro atoms. The smallest absolute Gasteiger partial charge is 0.237 e. The number of nitriles is 1. The Morgan fingerprint density at radius 3 is 2.45 bits per heavy atom. The summed E-state index contributed by atoms with van der Waals surface area (Å²) in [6, 6.07) is 17.0. The van der Waals surface area contributed by atoms with Crippen molar-refractivity contribution in [3.05, 3.63) is 64.1 Å². The first-order valence-electron chi connectivity index (χ1n) is 6.75. The number of nitrogens with zero attached hydrogens (tertiary/aromatic N) is 1. The van der Waals surface area contributed by atoms with Gasteiger partial charge in [-0.3, -0.25) is 4.79 Å². The second-order valence-electron chi connectivity index (χ2n) is 4.76. The highest BCUT2D eigenvalue weighted by Gasteiger charge is 2.13. The van der Waals surface area contributed by atoms with E-state index in [0.717, 1.165) is 21.5 Å². The highest BCUT2D eigenvalue weighted by Crippen LogP contribution is 2.20. The van der Waals surface area contributed by atoms with Gasteiger partial charge in [0.25, 0.3) is 0 Å². The summed E-state index contributed by atoms with van der Waals surface area (Å²) in [5.41, 5.74) is 2.54. The average Bonchev–Trinajstić information content (AvgIpc) is 2.55. The Hall–Kier alpha value is -1.77. The fourth-order valence-electron chi connectivity index (χ4n) is 1.75. The molecule has 0 aliphatic carbocycles. The van der Waals surface area contributed by atoms with Crippen molar-refractivity contribution in [2.24, 2.45) is 0 Å². The van der Waals surface area contributed by atoms with Crippen molar-refractivity contribution in [2.45, 2.75) is 17.9 Å². The predicted molar refractivity (Wildman–Crippen MR) is 94.7 cm³/mol. The van der Waals surface area contributed by atoms with Crippen molar-refractivity contribution in [2.75, 3.05) is 5.32 Å². The summed E-state index contributed by atoms with van der Waals surface area (Å²) in [5.74, 6) is 0.724. The number of hydrogen-bond acceptors (Lipinski definition) is 3. The van der Waals surface area contributed by atoms with Gasteiger partial charge in [0.15, 0.2) is 0 Å². The molecule has 22 heavy (non-hydrogen) atoms. The summed E-state index contributed by atoms with van der Waals surface area (Å²) in [5, 5.41) is 11.5. The Morgan fingerprint density at radius 2 is 1.86 bits per heavy atom. The highest BCUT2D eigenvalue weighted by atomic mass is 79.9. The van der Waals surface area contributed by atoms with Crippen LogP contribution in [0.15, 0.2) is 53.0 Å². The van der Waals surface area contributed by atoms with E-state index in [1.165, 1.54) is 0 Å². The van der Waals surface area contributed by atoms with Crippen LogP contribution in [0.4, 0.5) is 5.69 Å². The normalized spacial score (nSPS) is 11.5. The first kappa shape index (κ1) is 16.6. The minimum absolute atomic E-state index is 0.0130. The maximum Gasteiger partial charge on any atom is 0.237 e. The van der Waals surface area contributed by atoms with Gasteiger partial charge in [-0.1, -0.05) is 28.1 Å². The molecule has 1 atom stereocenters. The molecule has 0 radical (unpaired) electrons. The Labute approximate surface area is 142 Å². The van der Waals surface area contributed by atoms with Crippen molar-refractivity contribution in [3.8, 4) is 6.07 Å². The van der Waals surface area contributed by atoms with Gasteiger partial charge in [-0.25, -0.2) is 0 Å². The van der Waals surface area contributed by atoms with Crippen LogP contribution in [-0.2, 0) is 10.5 Å². The molecule has 3 nitrogen and oxygen atoms in total. The number of hydrogen-bond donors (Lipinski definition) is 1. The lowest BCUT2D eigenvalue weighted by molar-refractivity contribution is -0.115. The molecule has 0 heterocycles. The number of amides is 1. The van der Waals surface area contributed by atoms with Crippen LogP contribution in [0.25, 0.3) is 0 Å². The van der Waals surface area contributed by atoms with Crippen LogP contribution in [0.2, 0.25) is 0 Å². The van der Waals surface area contributed by atoms with Crippen molar-refractivity contribution in [3.63, 3.8) is 0 Å². The summed E-state index contributed by atoms with van der Waals surface area (Å²) in [6.45, 7) is 1.89. The van der Waals surface area contributed by atoms with Crippen LogP contribution in [0.1, 0.15) is 18.1 Å². The van der Waals surface area contributed by atoms with Gasteiger partial charge in [-0.2, -0.15) is 5.26 Å². The Kier molecular flexibility index (Phi) is 6.05. The third-order valence-corrected chi connectivity index (χ3v) is 4.81. The van der Waals surface area contributed by atoms with Crippen LogP contribution in [0, 0.1) is 11.3 Å². The van der Waals surface area contributed by atoms with Crippen LogP contribution in [0.5, 0.6) is 0 Å². The summed E-state index contributed by atoms with van der Waals surface area (Å²) >= 11 is 4.93. The fourth-order valence-corrected chi connectivity index (χ4v) is 2.86. The van der Waals surface area contributed by atoms with Crippen LogP contribution >= 0.6 is 27.7 Å². The highest BCUT2D eigenvalue weighted by molar-refractivity contribution is 9.10. The van der Waals surface area contributed by atoms with E-state index in [1.807, 2.05) is 43.3 Å². The van der Waals surface area contributed by atoms with Gasteiger partial charge in [0.1, 0.15) is 0 Å². The fraction of sp³-hybridized carbons (Fsp3) is 0.176. The van der Waals surface area contributed by atoms with Crippen molar-refractivity contribution in [1.82, 2.24) is 0 Å². The van der Waals surface area contributed by atoms with E-state index in [0.29, 0.717) is 5.56 Å². The average molecular weight is 375 g/mol. The summed E-state index contributed by atoms with van der Waals surface area (Å²) in [6.07, 6.45) is 0. The molecule has 1 amide bonds. The molecular formula is C17H15BrN2OS. The van der Waals surface area contributed by atoms with Gasteiger partial charge in [0.2, 0.25) is 5.91 Å². The third-order valence-electron chi connectivity index (χ3n) is 3.06. The Morgan fingerprint density at radius 1 is 1.23 bits per heavy atom. The summed E-state index contributed by atoms with van der Waals surface area (Å²) in [4.78, 5) is 12.1. The maximum atomic E-state index is 12.1. The molecular weight excluding hydrogens is 360 g/mol. The van der Waals surface area contributed by atoms with Crippen LogP contribution < -0.4 is 5.32 Å². The molecule has 2 aromatic carbocycles. The first-order chi connectivity index (χ1) is 10.6. The quantitative estimate of drug-likeness (QED) is 0.832. The molecule has 2 rings (SSSR count). The second-order valence-corrected chi connectivity index (χ2v) is 7.00.